The van der Waals surface area contributed by atoms with Gasteiger partial charge in [0.25, 0.3) is 0 Å². The number of hydrogen-bond acceptors (Lipinski definition) is 3. The van der Waals surface area contributed by atoms with Gasteiger partial charge in [0.2, 0.25) is 0 Å². The summed E-state index contributed by atoms with van der Waals surface area (Å²) in [5.74, 6) is 0. The maximum Gasteiger partial charge on any atom is 0.408 e. The molecular weight excluding hydrogens is 184 g/mol. The molecule has 5 heteroatoms. The SMILES string of the molecule is CC12CCC(C)(C(O)NC1)N2C(=O)O. The van der Waals surface area contributed by atoms with Crippen LogP contribution >= 0.6 is 0 Å². The predicted molar refractivity (Wildman–Crippen MR) is 49.9 cm³/mol. The Hall–Kier alpha value is -0.810. The first-order valence-corrected chi connectivity index (χ1v) is 4.85. The average molecular weight is 200 g/mol. The largest absolute Gasteiger partial charge is 0.465 e. The van der Waals surface area contributed by atoms with E-state index in [4.69, 9.17) is 5.11 Å². The monoisotopic (exact) mass is 200 g/mol. The Morgan fingerprint density at radius 3 is 2.64 bits per heavy atom. The van der Waals surface area contributed by atoms with Crippen molar-refractivity contribution in [3.8, 4) is 0 Å². The fourth-order valence-corrected chi connectivity index (χ4v) is 2.77. The minimum atomic E-state index is -0.937. The number of fused-ring (bicyclic) bond motifs is 2. The molecule has 2 aliphatic heterocycles. The first-order chi connectivity index (χ1) is 6.40. The third-order valence-corrected chi connectivity index (χ3v) is 3.68. The minimum Gasteiger partial charge on any atom is -0.465 e. The highest BCUT2D eigenvalue weighted by Crippen LogP contribution is 2.44. The summed E-state index contributed by atoms with van der Waals surface area (Å²) < 4.78 is 0. The van der Waals surface area contributed by atoms with E-state index in [-0.39, 0.29) is 5.54 Å². The highest BCUT2D eigenvalue weighted by molar-refractivity contribution is 5.68. The third kappa shape index (κ3) is 0.994. The lowest BCUT2D eigenvalue weighted by Crippen LogP contribution is -2.70. The molecule has 0 aromatic rings. The van der Waals surface area contributed by atoms with Gasteiger partial charge in [0.15, 0.2) is 0 Å². The number of amides is 1. The number of carboxylic acid groups (broad SMARTS) is 1. The molecular formula is C9H16N2O3. The van der Waals surface area contributed by atoms with Crippen molar-refractivity contribution in [2.45, 2.75) is 44.0 Å². The van der Waals surface area contributed by atoms with E-state index in [9.17, 15) is 9.90 Å². The van der Waals surface area contributed by atoms with Crippen LogP contribution in [0, 0.1) is 0 Å². The fourth-order valence-electron chi connectivity index (χ4n) is 2.77. The summed E-state index contributed by atoms with van der Waals surface area (Å²) in [6.07, 6.45) is -0.175. The molecule has 0 aliphatic carbocycles. The molecule has 0 saturated carbocycles. The molecule has 2 saturated heterocycles. The Labute approximate surface area is 82.7 Å². The number of hydrogen-bond donors (Lipinski definition) is 3. The highest BCUT2D eigenvalue weighted by atomic mass is 16.4. The molecule has 3 unspecified atom stereocenters. The Morgan fingerprint density at radius 2 is 2.14 bits per heavy atom. The highest BCUT2D eigenvalue weighted by Gasteiger charge is 2.59. The van der Waals surface area contributed by atoms with Crippen LogP contribution in [0.2, 0.25) is 0 Å². The van der Waals surface area contributed by atoms with Gasteiger partial charge in [0.05, 0.1) is 11.1 Å². The second-order valence-electron chi connectivity index (χ2n) is 4.76. The first kappa shape index (κ1) is 9.73. The van der Waals surface area contributed by atoms with Gasteiger partial charge in [0.1, 0.15) is 6.23 Å². The maximum absolute atomic E-state index is 11.2. The molecule has 0 spiro atoms. The Balaban J connectivity index is 2.41. The number of nitrogens with one attached hydrogen (secondary N) is 1. The van der Waals surface area contributed by atoms with Crippen LogP contribution in [-0.4, -0.2) is 45.1 Å². The number of rotatable bonds is 0. The number of aliphatic hydroxyl groups excluding tert-OH is 1. The fraction of sp³-hybridized carbons (Fsp3) is 0.889. The van der Waals surface area contributed by atoms with Crippen LogP contribution < -0.4 is 5.32 Å². The molecule has 3 N–H and O–H groups in total. The normalized spacial score (nSPS) is 46.8. The summed E-state index contributed by atoms with van der Waals surface area (Å²) in [6, 6.07) is 0. The van der Waals surface area contributed by atoms with Crippen LogP contribution in [0.4, 0.5) is 4.79 Å². The summed E-state index contributed by atoms with van der Waals surface area (Å²) in [5.41, 5.74) is -1.03. The van der Waals surface area contributed by atoms with Crippen LogP contribution in [0.5, 0.6) is 0 Å². The van der Waals surface area contributed by atoms with E-state index in [0.717, 1.165) is 6.42 Å². The van der Waals surface area contributed by atoms with Crippen LogP contribution in [0.25, 0.3) is 0 Å². The number of aliphatic hydroxyl groups is 1. The van der Waals surface area contributed by atoms with Crippen LogP contribution in [0.15, 0.2) is 0 Å². The summed E-state index contributed by atoms with van der Waals surface area (Å²) in [4.78, 5) is 12.6. The molecule has 3 atom stereocenters. The maximum atomic E-state index is 11.2. The minimum absolute atomic E-state index is 0.361. The van der Waals surface area contributed by atoms with Crippen LogP contribution in [0.3, 0.4) is 0 Å². The van der Waals surface area contributed by atoms with Gasteiger partial charge in [-0.1, -0.05) is 0 Å². The summed E-state index contributed by atoms with van der Waals surface area (Å²) in [7, 11) is 0. The third-order valence-electron chi connectivity index (χ3n) is 3.68. The van der Waals surface area contributed by atoms with E-state index in [1.807, 2.05) is 6.92 Å². The molecule has 2 rings (SSSR count). The smallest absolute Gasteiger partial charge is 0.408 e. The van der Waals surface area contributed by atoms with Crippen molar-refractivity contribution >= 4 is 6.09 Å². The van der Waals surface area contributed by atoms with Crippen LogP contribution in [0.1, 0.15) is 26.7 Å². The van der Waals surface area contributed by atoms with E-state index >= 15 is 0 Å². The van der Waals surface area contributed by atoms with Crippen molar-refractivity contribution in [1.82, 2.24) is 10.2 Å². The lowest BCUT2D eigenvalue weighted by molar-refractivity contribution is -0.0699. The Kier molecular flexibility index (Phi) is 1.81. The van der Waals surface area contributed by atoms with Gasteiger partial charge in [0, 0.05) is 6.54 Å². The predicted octanol–water partition coefficient (Wildman–Crippen LogP) is 0.199. The summed E-state index contributed by atoms with van der Waals surface area (Å²) in [5, 5.41) is 21.9. The molecule has 80 valence electrons. The first-order valence-electron chi connectivity index (χ1n) is 4.85. The second-order valence-corrected chi connectivity index (χ2v) is 4.76. The molecule has 14 heavy (non-hydrogen) atoms. The lowest BCUT2D eigenvalue weighted by Gasteiger charge is -2.49. The van der Waals surface area contributed by atoms with E-state index < -0.39 is 17.9 Å². The van der Waals surface area contributed by atoms with Gasteiger partial charge >= 0.3 is 6.09 Å². The quantitative estimate of drug-likeness (QED) is 0.522. The zero-order valence-corrected chi connectivity index (χ0v) is 8.45. The molecule has 0 aromatic heterocycles. The van der Waals surface area contributed by atoms with E-state index in [0.29, 0.717) is 13.0 Å². The van der Waals surface area contributed by atoms with Gasteiger partial charge in [-0.05, 0) is 26.7 Å². The molecule has 2 aliphatic rings. The van der Waals surface area contributed by atoms with Crippen LogP contribution in [-0.2, 0) is 0 Å². The van der Waals surface area contributed by atoms with Crippen molar-refractivity contribution in [2.75, 3.05) is 6.54 Å². The Bertz CT molecular complexity index is 279. The zero-order chi connectivity index (χ0) is 10.6. The van der Waals surface area contributed by atoms with Gasteiger partial charge in [-0.25, -0.2) is 4.79 Å². The topological polar surface area (TPSA) is 72.8 Å². The zero-order valence-electron chi connectivity index (χ0n) is 8.45. The lowest BCUT2D eigenvalue weighted by atomic mass is 9.95. The molecule has 2 bridgehead atoms. The van der Waals surface area contributed by atoms with Crippen molar-refractivity contribution in [3.05, 3.63) is 0 Å². The number of carbonyl (C=O) groups is 1. The standard InChI is InChI=1S/C9H16N2O3/c1-8-3-4-9(2,6(12)10-5-8)11(8)7(13)14/h6,10,12H,3-5H2,1-2H3,(H,13,14). The Morgan fingerprint density at radius 1 is 1.50 bits per heavy atom. The van der Waals surface area contributed by atoms with Gasteiger partial charge in [-0.3, -0.25) is 10.2 Å². The van der Waals surface area contributed by atoms with E-state index in [2.05, 4.69) is 5.32 Å². The molecule has 0 radical (unpaired) electrons. The molecule has 1 amide bonds. The number of piperazine rings is 1. The van der Waals surface area contributed by atoms with Gasteiger partial charge in [-0.15, -0.1) is 0 Å². The molecule has 2 heterocycles. The van der Waals surface area contributed by atoms with Crippen molar-refractivity contribution in [3.63, 3.8) is 0 Å². The second kappa shape index (κ2) is 2.61. The van der Waals surface area contributed by atoms with E-state index in [1.165, 1.54) is 4.90 Å². The van der Waals surface area contributed by atoms with Gasteiger partial charge < -0.3 is 10.2 Å². The summed E-state index contributed by atoms with van der Waals surface area (Å²) in [6.45, 7) is 4.24. The van der Waals surface area contributed by atoms with Crippen molar-refractivity contribution in [2.24, 2.45) is 0 Å². The molecule has 2 fully saturated rings. The van der Waals surface area contributed by atoms with Gasteiger partial charge in [-0.2, -0.15) is 0 Å². The van der Waals surface area contributed by atoms with Crippen molar-refractivity contribution in [1.29, 1.82) is 0 Å². The summed E-state index contributed by atoms with van der Waals surface area (Å²) >= 11 is 0. The molecule has 5 nitrogen and oxygen atoms in total. The molecule has 0 aromatic carbocycles. The van der Waals surface area contributed by atoms with Crippen molar-refractivity contribution < 1.29 is 15.0 Å². The average Bonchev–Trinajstić information content (AvgIpc) is 2.30. The number of nitrogens with zero attached hydrogens (tertiary/aromatic N) is 1. The van der Waals surface area contributed by atoms with E-state index in [1.54, 1.807) is 6.92 Å².